The molecule has 122 valence electrons. The fraction of sp³-hybridized carbons (Fsp3) is 0.471. The van der Waals surface area contributed by atoms with Crippen LogP contribution in [-0.4, -0.2) is 30.2 Å². The quantitative estimate of drug-likeness (QED) is 0.756. The van der Waals surface area contributed by atoms with Gasteiger partial charge in [0.1, 0.15) is 22.4 Å². The first-order valence-corrected chi connectivity index (χ1v) is 8.02. The van der Waals surface area contributed by atoms with E-state index in [9.17, 15) is 5.11 Å². The molecule has 0 amide bonds. The van der Waals surface area contributed by atoms with E-state index in [0.717, 1.165) is 41.6 Å². The number of nitrogens with two attached hydrogens (primary N) is 1. The third kappa shape index (κ3) is 2.99. The van der Waals surface area contributed by atoms with Crippen molar-refractivity contribution < 1.29 is 5.11 Å². The Labute approximate surface area is 135 Å². The molecule has 6 nitrogen and oxygen atoms in total. The lowest BCUT2D eigenvalue weighted by Crippen LogP contribution is -2.27. The van der Waals surface area contributed by atoms with Crippen molar-refractivity contribution >= 4 is 27.9 Å². The fourth-order valence-electron chi connectivity index (χ4n) is 2.85. The number of nitrogens with zero attached hydrogens (tertiary/aromatic N) is 4. The fourth-order valence-corrected chi connectivity index (χ4v) is 2.85. The van der Waals surface area contributed by atoms with Crippen LogP contribution in [0.25, 0.3) is 22.1 Å². The zero-order chi connectivity index (χ0) is 16.6. The number of unbranched alkanes of at least 4 members (excludes halogenated alkanes) is 1. The smallest absolute Gasteiger partial charge is 0.152 e. The van der Waals surface area contributed by atoms with Crippen LogP contribution in [0.3, 0.4) is 0 Å². The van der Waals surface area contributed by atoms with Crippen LogP contribution >= 0.6 is 0 Å². The van der Waals surface area contributed by atoms with Crippen LogP contribution in [0, 0.1) is 0 Å². The molecular formula is C17H23N5O. The number of hydrogen-bond acceptors (Lipinski definition) is 5. The van der Waals surface area contributed by atoms with E-state index in [1.807, 2.05) is 12.1 Å². The third-order valence-corrected chi connectivity index (χ3v) is 3.84. The van der Waals surface area contributed by atoms with Crippen molar-refractivity contribution in [3.8, 4) is 0 Å². The van der Waals surface area contributed by atoms with Crippen LogP contribution in [0.1, 0.15) is 39.4 Å². The molecule has 3 aromatic rings. The molecule has 23 heavy (non-hydrogen) atoms. The summed E-state index contributed by atoms with van der Waals surface area (Å²) in [5.41, 5.74) is 8.32. The van der Waals surface area contributed by atoms with E-state index in [-0.39, 0.29) is 0 Å². The summed E-state index contributed by atoms with van der Waals surface area (Å²) in [6, 6.07) is 3.74. The number of nitrogen functional groups attached to an aromatic ring is 1. The lowest BCUT2D eigenvalue weighted by Gasteiger charge is -2.20. The summed E-state index contributed by atoms with van der Waals surface area (Å²) >= 11 is 0. The van der Waals surface area contributed by atoms with E-state index in [2.05, 4.69) is 21.5 Å². The Morgan fingerprint density at radius 1 is 1.26 bits per heavy atom. The topological polar surface area (TPSA) is 89.9 Å². The van der Waals surface area contributed by atoms with Crippen molar-refractivity contribution in [2.45, 2.75) is 52.2 Å². The number of aromatic nitrogens is 4. The van der Waals surface area contributed by atoms with Gasteiger partial charge in [-0.3, -0.25) is 4.98 Å². The summed E-state index contributed by atoms with van der Waals surface area (Å²) in [6.45, 7) is 6.18. The van der Waals surface area contributed by atoms with Gasteiger partial charge >= 0.3 is 0 Å². The van der Waals surface area contributed by atoms with E-state index in [0.29, 0.717) is 17.9 Å². The molecule has 0 bridgehead atoms. The Kier molecular flexibility index (Phi) is 3.93. The first-order chi connectivity index (χ1) is 10.9. The van der Waals surface area contributed by atoms with Gasteiger partial charge in [0.15, 0.2) is 5.82 Å². The number of fused-ring (bicyclic) bond motifs is 3. The Morgan fingerprint density at radius 2 is 2.04 bits per heavy atom. The average molecular weight is 313 g/mol. The van der Waals surface area contributed by atoms with Gasteiger partial charge in [0.05, 0.1) is 17.7 Å². The standard InChI is InChI=1S/C17H23N5O/c1-4-5-8-12-21-14-15(22(12)10-17(2,3)23)13-11(20-16(14)18)7-6-9-19-13/h6-7,9,23H,4-5,8,10H2,1-3H3,(H2,18,20). The highest BCUT2D eigenvalue weighted by Gasteiger charge is 2.22. The Balaban J connectivity index is 2.32. The number of rotatable bonds is 5. The van der Waals surface area contributed by atoms with Gasteiger partial charge in [-0.2, -0.15) is 0 Å². The minimum Gasteiger partial charge on any atom is -0.389 e. The van der Waals surface area contributed by atoms with E-state index < -0.39 is 5.60 Å². The third-order valence-electron chi connectivity index (χ3n) is 3.84. The van der Waals surface area contributed by atoms with E-state index in [1.165, 1.54) is 0 Å². The predicted molar refractivity (Wildman–Crippen MR) is 92.2 cm³/mol. The van der Waals surface area contributed by atoms with E-state index >= 15 is 0 Å². The number of pyridine rings is 2. The van der Waals surface area contributed by atoms with Gasteiger partial charge in [-0.05, 0) is 32.4 Å². The van der Waals surface area contributed by atoms with Crippen molar-refractivity contribution in [1.82, 2.24) is 19.5 Å². The van der Waals surface area contributed by atoms with Crippen molar-refractivity contribution in [3.05, 3.63) is 24.2 Å². The molecule has 0 radical (unpaired) electrons. The minimum atomic E-state index is -0.853. The molecule has 0 atom stereocenters. The van der Waals surface area contributed by atoms with Gasteiger partial charge in [0.2, 0.25) is 0 Å². The highest BCUT2D eigenvalue weighted by Crippen LogP contribution is 2.29. The van der Waals surface area contributed by atoms with Crippen LogP contribution in [0.2, 0.25) is 0 Å². The first-order valence-electron chi connectivity index (χ1n) is 8.02. The predicted octanol–water partition coefficient (Wildman–Crippen LogP) is 2.68. The summed E-state index contributed by atoms with van der Waals surface area (Å²) in [4.78, 5) is 13.6. The summed E-state index contributed by atoms with van der Waals surface area (Å²) in [6.07, 6.45) is 4.70. The molecular weight excluding hydrogens is 290 g/mol. The molecule has 0 aliphatic carbocycles. The summed E-state index contributed by atoms with van der Waals surface area (Å²) in [5.74, 6) is 1.34. The monoisotopic (exact) mass is 313 g/mol. The molecule has 0 aliphatic heterocycles. The molecule has 3 rings (SSSR count). The Morgan fingerprint density at radius 3 is 2.74 bits per heavy atom. The zero-order valence-corrected chi connectivity index (χ0v) is 13.9. The van der Waals surface area contributed by atoms with E-state index in [4.69, 9.17) is 10.7 Å². The van der Waals surface area contributed by atoms with E-state index in [1.54, 1.807) is 20.0 Å². The molecule has 6 heteroatoms. The highest BCUT2D eigenvalue weighted by molar-refractivity contribution is 6.04. The molecule has 0 fully saturated rings. The molecule has 0 aromatic carbocycles. The van der Waals surface area contributed by atoms with Crippen molar-refractivity contribution in [2.75, 3.05) is 5.73 Å². The maximum Gasteiger partial charge on any atom is 0.152 e. The average Bonchev–Trinajstić information content (AvgIpc) is 2.83. The number of aliphatic hydroxyl groups is 1. The van der Waals surface area contributed by atoms with Crippen molar-refractivity contribution in [1.29, 1.82) is 0 Å². The SMILES string of the molecule is CCCCc1nc2c(N)nc3cccnc3c2n1CC(C)(C)O. The molecule has 3 N–H and O–H groups in total. The normalized spacial score (nSPS) is 12.3. The van der Waals surface area contributed by atoms with Crippen molar-refractivity contribution in [3.63, 3.8) is 0 Å². The zero-order valence-electron chi connectivity index (χ0n) is 13.9. The lowest BCUT2D eigenvalue weighted by atomic mass is 10.1. The molecule has 3 heterocycles. The van der Waals surface area contributed by atoms with Crippen LogP contribution in [-0.2, 0) is 13.0 Å². The Hall–Kier alpha value is -2.21. The molecule has 0 unspecified atom stereocenters. The molecule has 3 aromatic heterocycles. The maximum atomic E-state index is 10.3. The molecule has 0 saturated heterocycles. The van der Waals surface area contributed by atoms with Crippen LogP contribution in [0.4, 0.5) is 5.82 Å². The van der Waals surface area contributed by atoms with Gasteiger partial charge in [-0.1, -0.05) is 13.3 Å². The van der Waals surface area contributed by atoms with Gasteiger partial charge < -0.3 is 15.4 Å². The highest BCUT2D eigenvalue weighted by atomic mass is 16.3. The molecule has 0 aliphatic rings. The summed E-state index contributed by atoms with van der Waals surface area (Å²) in [5, 5.41) is 10.3. The number of anilines is 1. The number of imidazole rings is 1. The number of hydrogen-bond donors (Lipinski definition) is 2. The second-order valence-electron chi connectivity index (χ2n) is 6.60. The summed E-state index contributed by atoms with van der Waals surface area (Å²) < 4.78 is 2.05. The van der Waals surface area contributed by atoms with Crippen LogP contribution in [0.5, 0.6) is 0 Å². The van der Waals surface area contributed by atoms with Gasteiger partial charge in [-0.25, -0.2) is 9.97 Å². The lowest BCUT2D eigenvalue weighted by molar-refractivity contribution is 0.0618. The minimum absolute atomic E-state index is 0.410. The van der Waals surface area contributed by atoms with Crippen molar-refractivity contribution in [2.24, 2.45) is 0 Å². The number of aryl methyl sites for hydroxylation is 1. The van der Waals surface area contributed by atoms with Gasteiger partial charge in [0.25, 0.3) is 0 Å². The van der Waals surface area contributed by atoms with Crippen LogP contribution < -0.4 is 5.73 Å². The maximum absolute atomic E-state index is 10.3. The molecule has 0 spiro atoms. The van der Waals surface area contributed by atoms with Gasteiger partial charge in [0, 0.05) is 12.6 Å². The first kappa shape index (κ1) is 15.7. The van der Waals surface area contributed by atoms with Gasteiger partial charge in [-0.15, -0.1) is 0 Å². The molecule has 0 saturated carbocycles. The second kappa shape index (κ2) is 5.77. The Bertz CT molecular complexity index is 847. The summed E-state index contributed by atoms with van der Waals surface area (Å²) in [7, 11) is 0. The largest absolute Gasteiger partial charge is 0.389 e. The second-order valence-corrected chi connectivity index (χ2v) is 6.60. The van der Waals surface area contributed by atoms with Crippen LogP contribution in [0.15, 0.2) is 18.3 Å².